The Morgan fingerprint density at radius 1 is 1.53 bits per heavy atom. The molecule has 0 unspecified atom stereocenters. The number of likely N-dealkylation sites (N-methyl/N-ethyl adjacent to an activating group) is 1. The van der Waals surface area contributed by atoms with E-state index < -0.39 is 5.60 Å². The highest BCUT2D eigenvalue weighted by Crippen LogP contribution is 2.19. The van der Waals surface area contributed by atoms with Gasteiger partial charge < -0.3 is 15.1 Å². The predicted octanol–water partition coefficient (Wildman–Crippen LogP) is 1.32. The van der Waals surface area contributed by atoms with Crippen LogP contribution < -0.4 is 0 Å². The van der Waals surface area contributed by atoms with E-state index in [2.05, 4.69) is 11.8 Å². The topological polar surface area (TPSA) is 60.8 Å². The molecule has 1 aromatic rings. The van der Waals surface area contributed by atoms with Gasteiger partial charge in [-0.3, -0.25) is 4.79 Å². The standard InChI is InChI=1S/C14H19NO3S/c1-4-15(10-14(2,3)18)13(17)12-11(6-5-8-16)7-9-19-12/h7,9,16,18H,4,8,10H2,1-3H3. The van der Waals surface area contributed by atoms with Gasteiger partial charge in [0, 0.05) is 18.7 Å². The molecular weight excluding hydrogens is 262 g/mol. The number of nitrogens with zero attached hydrogens (tertiary/aromatic N) is 1. The van der Waals surface area contributed by atoms with Gasteiger partial charge in [-0.15, -0.1) is 11.3 Å². The number of rotatable bonds is 4. The first-order chi connectivity index (χ1) is 8.89. The van der Waals surface area contributed by atoms with Crippen LogP contribution in [0.2, 0.25) is 0 Å². The van der Waals surface area contributed by atoms with E-state index >= 15 is 0 Å². The number of thiophene rings is 1. The first-order valence-electron chi connectivity index (χ1n) is 6.08. The maximum atomic E-state index is 12.4. The molecule has 0 aliphatic rings. The lowest BCUT2D eigenvalue weighted by molar-refractivity contribution is 0.0317. The molecule has 104 valence electrons. The predicted molar refractivity (Wildman–Crippen MR) is 76.2 cm³/mol. The third kappa shape index (κ3) is 4.67. The summed E-state index contributed by atoms with van der Waals surface area (Å²) >= 11 is 1.32. The summed E-state index contributed by atoms with van der Waals surface area (Å²) in [5.74, 6) is 5.17. The fraction of sp³-hybridized carbons (Fsp3) is 0.500. The second kappa shape index (κ2) is 6.71. The average molecular weight is 281 g/mol. The zero-order valence-corrected chi connectivity index (χ0v) is 12.3. The Kier molecular flexibility index (Phi) is 5.55. The van der Waals surface area contributed by atoms with Crippen molar-refractivity contribution in [2.24, 2.45) is 0 Å². The smallest absolute Gasteiger partial charge is 0.265 e. The second-order valence-electron chi connectivity index (χ2n) is 4.76. The van der Waals surface area contributed by atoms with Crippen LogP contribution in [0.4, 0.5) is 0 Å². The molecule has 0 radical (unpaired) electrons. The summed E-state index contributed by atoms with van der Waals surface area (Å²) in [5, 5.41) is 20.3. The number of aliphatic hydroxyl groups excluding tert-OH is 1. The molecule has 1 rings (SSSR count). The summed E-state index contributed by atoms with van der Waals surface area (Å²) in [6, 6.07) is 1.76. The molecule has 0 fully saturated rings. The van der Waals surface area contributed by atoms with Crippen molar-refractivity contribution < 1.29 is 15.0 Å². The molecule has 0 aliphatic heterocycles. The molecule has 1 aromatic heterocycles. The molecule has 0 saturated heterocycles. The fourth-order valence-corrected chi connectivity index (χ4v) is 2.46. The summed E-state index contributed by atoms with van der Waals surface area (Å²) in [4.78, 5) is 14.5. The lowest BCUT2D eigenvalue weighted by atomic mass is 10.1. The molecule has 0 spiro atoms. The van der Waals surface area contributed by atoms with Crippen molar-refractivity contribution in [3.63, 3.8) is 0 Å². The molecule has 2 N–H and O–H groups in total. The van der Waals surface area contributed by atoms with E-state index in [4.69, 9.17) is 5.11 Å². The van der Waals surface area contributed by atoms with Crippen molar-refractivity contribution in [3.8, 4) is 11.8 Å². The van der Waals surface area contributed by atoms with Gasteiger partial charge in [-0.2, -0.15) is 0 Å². The highest BCUT2D eigenvalue weighted by molar-refractivity contribution is 7.12. The zero-order valence-electron chi connectivity index (χ0n) is 11.4. The summed E-state index contributed by atoms with van der Waals surface area (Å²) in [7, 11) is 0. The Morgan fingerprint density at radius 2 is 2.21 bits per heavy atom. The third-order valence-electron chi connectivity index (χ3n) is 2.41. The Hall–Kier alpha value is -1.35. The van der Waals surface area contributed by atoms with Gasteiger partial charge in [0.05, 0.1) is 5.60 Å². The highest BCUT2D eigenvalue weighted by Gasteiger charge is 2.24. The van der Waals surface area contributed by atoms with Crippen LogP contribution in [0, 0.1) is 11.8 Å². The van der Waals surface area contributed by atoms with Gasteiger partial charge in [-0.1, -0.05) is 11.8 Å². The van der Waals surface area contributed by atoms with Crippen LogP contribution in [-0.2, 0) is 0 Å². The van der Waals surface area contributed by atoms with Gasteiger partial charge in [0.25, 0.3) is 5.91 Å². The van der Waals surface area contributed by atoms with E-state index in [1.165, 1.54) is 11.3 Å². The zero-order chi connectivity index (χ0) is 14.5. The van der Waals surface area contributed by atoms with Crippen molar-refractivity contribution in [3.05, 3.63) is 21.9 Å². The van der Waals surface area contributed by atoms with E-state index in [-0.39, 0.29) is 19.1 Å². The fourth-order valence-electron chi connectivity index (χ4n) is 1.65. The summed E-state index contributed by atoms with van der Waals surface area (Å²) in [6.07, 6.45) is 0. The van der Waals surface area contributed by atoms with Gasteiger partial charge in [0.15, 0.2) is 0 Å². The molecule has 1 heterocycles. The van der Waals surface area contributed by atoms with E-state index in [1.807, 2.05) is 6.92 Å². The van der Waals surface area contributed by atoms with Gasteiger partial charge >= 0.3 is 0 Å². The van der Waals surface area contributed by atoms with E-state index in [9.17, 15) is 9.90 Å². The second-order valence-corrected chi connectivity index (χ2v) is 5.67. The van der Waals surface area contributed by atoms with Crippen LogP contribution in [0.25, 0.3) is 0 Å². The Labute approximate surface area is 117 Å². The summed E-state index contributed by atoms with van der Waals surface area (Å²) in [6.45, 7) is 5.77. The van der Waals surface area contributed by atoms with Crippen LogP contribution in [-0.4, -0.2) is 46.3 Å². The lowest BCUT2D eigenvalue weighted by Gasteiger charge is -2.27. The molecule has 5 heteroatoms. The van der Waals surface area contributed by atoms with Gasteiger partial charge in [0.1, 0.15) is 11.5 Å². The quantitative estimate of drug-likeness (QED) is 0.818. The summed E-state index contributed by atoms with van der Waals surface area (Å²) in [5.41, 5.74) is -0.307. The van der Waals surface area contributed by atoms with E-state index in [0.29, 0.717) is 17.0 Å². The molecule has 0 saturated carbocycles. The van der Waals surface area contributed by atoms with E-state index in [0.717, 1.165) is 0 Å². The first-order valence-corrected chi connectivity index (χ1v) is 6.96. The minimum atomic E-state index is -0.931. The number of carbonyl (C=O) groups is 1. The van der Waals surface area contributed by atoms with Gasteiger partial charge in [-0.25, -0.2) is 0 Å². The maximum Gasteiger partial charge on any atom is 0.265 e. The SMILES string of the molecule is CCN(CC(C)(C)O)C(=O)c1sccc1C#CCO. The monoisotopic (exact) mass is 281 g/mol. The molecule has 0 atom stereocenters. The molecule has 0 aliphatic carbocycles. The highest BCUT2D eigenvalue weighted by atomic mass is 32.1. The summed E-state index contributed by atoms with van der Waals surface area (Å²) < 4.78 is 0. The van der Waals surface area contributed by atoms with Crippen LogP contribution in [0.5, 0.6) is 0 Å². The molecule has 1 amide bonds. The minimum absolute atomic E-state index is 0.137. The number of aliphatic hydroxyl groups is 2. The van der Waals surface area contributed by atoms with E-state index in [1.54, 1.807) is 30.2 Å². The first kappa shape index (κ1) is 15.7. The number of hydrogen-bond acceptors (Lipinski definition) is 4. The Morgan fingerprint density at radius 3 is 2.74 bits per heavy atom. The minimum Gasteiger partial charge on any atom is -0.389 e. The van der Waals surface area contributed by atoms with Crippen molar-refractivity contribution in [2.45, 2.75) is 26.4 Å². The molecular formula is C14H19NO3S. The van der Waals surface area contributed by atoms with Crippen molar-refractivity contribution >= 4 is 17.2 Å². The number of amides is 1. The normalized spacial score (nSPS) is 10.8. The number of carbonyl (C=O) groups excluding carboxylic acids is 1. The molecule has 19 heavy (non-hydrogen) atoms. The van der Waals surface area contributed by atoms with Crippen molar-refractivity contribution in [1.29, 1.82) is 0 Å². The molecule has 0 bridgehead atoms. The number of hydrogen-bond donors (Lipinski definition) is 2. The largest absolute Gasteiger partial charge is 0.389 e. The van der Waals surface area contributed by atoms with Gasteiger partial charge in [0.2, 0.25) is 0 Å². The third-order valence-corrected chi connectivity index (χ3v) is 3.31. The van der Waals surface area contributed by atoms with Crippen molar-refractivity contribution in [1.82, 2.24) is 4.90 Å². The van der Waals surface area contributed by atoms with Crippen molar-refractivity contribution in [2.75, 3.05) is 19.7 Å². The Bertz CT molecular complexity index is 491. The van der Waals surface area contributed by atoms with Crippen LogP contribution >= 0.6 is 11.3 Å². The molecule has 0 aromatic carbocycles. The van der Waals surface area contributed by atoms with Crippen LogP contribution in [0.1, 0.15) is 36.0 Å². The van der Waals surface area contributed by atoms with Crippen LogP contribution in [0.15, 0.2) is 11.4 Å². The molecule has 4 nitrogen and oxygen atoms in total. The van der Waals surface area contributed by atoms with Gasteiger partial charge in [-0.05, 0) is 32.2 Å². The average Bonchev–Trinajstić information content (AvgIpc) is 2.79. The Balaban J connectivity index is 2.95. The maximum absolute atomic E-state index is 12.4. The lowest BCUT2D eigenvalue weighted by Crippen LogP contribution is -2.42. The van der Waals surface area contributed by atoms with Crippen LogP contribution in [0.3, 0.4) is 0 Å².